The molecule has 2 aliphatic rings. The molecular formula is C14H22O2. The van der Waals surface area contributed by atoms with Gasteiger partial charge in [-0.25, -0.2) is 0 Å². The van der Waals surface area contributed by atoms with Crippen molar-refractivity contribution >= 4 is 0 Å². The summed E-state index contributed by atoms with van der Waals surface area (Å²) >= 11 is 0. The standard InChI is InChI=1S/C14H22O2/c1-3-12(15)6-7-13-9-11-5-4-10(2)8-14(11)16-13/h3,10,13,15H,4-9H2,1-2H3/b12-3-/t10-,13+/m0/s1. The summed E-state index contributed by atoms with van der Waals surface area (Å²) in [4.78, 5) is 0. The van der Waals surface area contributed by atoms with Crippen molar-refractivity contribution in [3.63, 3.8) is 0 Å². The second-order valence-electron chi connectivity index (χ2n) is 5.14. The Morgan fingerprint density at radius 2 is 2.31 bits per heavy atom. The van der Waals surface area contributed by atoms with E-state index in [1.165, 1.54) is 18.6 Å². The monoisotopic (exact) mass is 222 g/mol. The molecule has 0 fully saturated rings. The highest BCUT2D eigenvalue weighted by Gasteiger charge is 2.29. The Bertz CT molecular complexity index is 315. The van der Waals surface area contributed by atoms with Crippen LogP contribution in [-0.2, 0) is 4.74 Å². The Morgan fingerprint density at radius 1 is 1.50 bits per heavy atom. The van der Waals surface area contributed by atoms with E-state index in [-0.39, 0.29) is 0 Å². The number of ether oxygens (including phenoxy) is 1. The number of allylic oxidation sites excluding steroid dienone is 3. The zero-order chi connectivity index (χ0) is 11.5. The van der Waals surface area contributed by atoms with Gasteiger partial charge in [0.25, 0.3) is 0 Å². The molecule has 16 heavy (non-hydrogen) atoms. The van der Waals surface area contributed by atoms with Crippen LogP contribution in [0.15, 0.2) is 23.2 Å². The van der Waals surface area contributed by atoms with Crippen molar-refractivity contribution in [3.05, 3.63) is 23.2 Å². The van der Waals surface area contributed by atoms with E-state index in [2.05, 4.69) is 6.92 Å². The predicted molar refractivity (Wildman–Crippen MR) is 65.2 cm³/mol. The van der Waals surface area contributed by atoms with Crippen LogP contribution < -0.4 is 0 Å². The summed E-state index contributed by atoms with van der Waals surface area (Å²) in [6.45, 7) is 4.17. The van der Waals surface area contributed by atoms with Gasteiger partial charge in [-0.15, -0.1) is 0 Å². The topological polar surface area (TPSA) is 29.5 Å². The van der Waals surface area contributed by atoms with E-state index in [1.54, 1.807) is 11.6 Å². The molecule has 90 valence electrons. The summed E-state index contributed by atoms with van der Waals surface area (Å²) < 4.78 is 5.97. The highest BCUT2D eigenvalue weighted by Crippen LogP contribution is 2.39. The molecule has 0 saturated heterocycles. The van der Waals surface area contributed by atoms with Crippen LogP contribution >= 0.6 is 0 Å². The molecule has 0 spiro atoms. The van der Waals surface area contributed by atoms with Gasteiger partial charge in [0.1, 0.15) is 6.10 Å². The molecule has 0 aromatic heterocycles. The zero-order valence-corrected chi connectivity index (χ0v) is 10.3. The van der Waals surface area contributed by atoms with Gasteiger partial charge in [0, 0.05) is 19.3 Å². The largest absolute Gasteiger partial charge is 0.513 e. The lowest BCUT2D eigenvalue weighted by atomic mass is 9.88. The SMILES string of the molecule is C/C=C(\O)CC[C@@H]1CC2=C(C[C@@H](C)CC2)O1. The van der Waals surface area contributed by atoms with Gasteiger partial charge in [-0.3, -0.25) is 0 Å². The first-order chi connectivity index (χ1) is 7.69. The first-order valence-electron chi connectivity index (χ1n) is 6.40. The number of rotatable bonds is 3. The van der Waals surface area contributed by atoms with Crippen molar-refractivity contribution in [2.75, 3.05) is 0 Å². The van der Waals surface area contributed by atoms with E-state index in [9.17, 15) is 5.11 Å². The van der Waals surface area contributed by atoms with Crippen molar-refractivity contribution in [2.24, 2.45) is 5.92 Å². The van der Waals surface area contributed by atoms with Crippen molar-refractivity contribution in [1.29, 1.82) is 0 Å². The molecule has 2 nitrogen and oxygen atoms in total. The molecule has 0 aromatic rings. The summed E-state index contributed by atoms with van der Waals surface area (Å²) in [6.07, 6.45) is 8.54. The second-order valence-corrected chi connectivity index (χ2v) is 5.14. The molecule has 0 amide bonds. The van der Waals surface area contributed by atoms with Crippen molar-refractivity contribution in [2.45, 2.75) is 58.5 Å². The van der Waals surface area contributed by atoms with Gasteiger partial charge in [0.15, 0.2) is 0 Å². The third-order valence-electron chi connectivity index (χ3n) is 3.71. The molecule has 0 aromatic carbocycles. The molecule has 0 unspecified atom stereocenters. The molecule has 1 aliphatic heterocycles. The Morgan fingerprint density at radius 3 is 3.06 bits per heavy atom. The van der Waals surface area contributed by atoms with Crippen LogP contribution in [0.3, 0.4) is 0 Å². The van der Waals surface area contributed by atoms with Crippen LogP contribution in [-0.4, -0.2) is 11.2 Å². The maximum Gasteiger partial charge on any atom is 0.102 e. The van der Waals surface area contributed by atoms with Crippen molar-refractivity contribution in [1.82, 2.24) is 0 Å². The normalized spacial score (nSPS) is 30.2. The first-order valence-corrected chi connectivity index (χ1v) is 6.40. The summed E-state index contributed by atoms with van der Waals surface area (Å²) in [5.74, 6) is 2.53. The van der Waals surface area contributed by atoms with E-state index < -0.39 is 0 Å². The third-order valence-corrected chi connectivity index (χ3v) is 3.71. The molecule has 0 saturated carbocycles. The summed E-state index contributed by atoms with van der Waals surface area (Å²) in [5, 5.41) is 9.41. The number of hydrogen-bond acceptors (Lipinski definition) is 2. The molecule has 1 N–H and O–H groups in total. The van der Waals surface area contributed by atoms with Crippen LogP contribution in [0.1, 0.15) is 52.4 Å². The number of hydrogen-bond donors (Lipinski definition) is 1. The van der Waals surface area contributed by atoms with Crippen LogP contribution in [0.25, 0.3) is 0 Å². The summed E-state index contributed by atoms with van der Waals surface area (Å²) in [7, 11) is 0. The van der Waals surface area contributed by atoms with Crippen LogP contribution in [0.2, 0.25) is 0 Å². The van der Waals surface area contributed by atoms with Crippen LogP contribution in [0.4, 0.5) is 0 Å². The van der Waals surface area contributed by atoms with Gasteiger partial charge in [-0.2, -0.15) is 0 Å². The molecule has 2 atom stereocenters. The lowest BCUT2D eigenvalue weighted by molar-refractivity contribution is 0.120. The summed E-state index contributed by atoms with van der Waals surface area (Å²) in [6, 6.07) is 0. The smallest absolute Gasteiger partial charge is 0.102 e. The average molecular weight is 222 g/mol. The minimum Gasteiger partial charge on any atom is -0.513 e. The zero-order valence-electron chi connectivity index (χ0n) is 10.3. The van der Waals surface area contributed by atoms with E-state index in [1.807, 2.05) is 6.92 Å². The van der Waals surface area contributed by atoms with E-state index >= 15 is 0 Å². The third kappa shape index (κ3) is 2.60. The first kappa shape index (κ1) is 11.6. The van der Waals surface area contributed by atoms with E-state index in [0.29, 0.717) is 11.9 Å². The number of aliphatic hydroxyl groups excluding tert-OH is 1. The number of aliphatic hydroxyl groups is 1. The quantitative estimate of drug-likeness (QED) is 0.729. The molecular weight excluding hydrogens is 200 g/mol. The maximum atomic E-state index is 9.41. The Kier molecular flexibility index (Phi) is 3.57. The van der Waals surface area contributed by atoms with Crippen LogP contribution in [0.5, 0.6) is 0 Å². The fourth-order valence-electron chi connectivity index (χ4n) is 2.60. The minimum absolute atomic E-state index is 0.317. The summed E-state index contributed by atoms with van der Waals surface area (Å²) in [5.41, 5.74) is 1.54. The average Bonchev–Trinajstić information content (AvgIpc) is 2.67. The van der Waals surface area contributed by atoms with Gasteiger partial charge < -0.3 is 9.84 Å². The van der Waals surface area contributed by atoms with Gasteiger partial charge in [-0.05, 0) is 43.8 Å². The Labute approximate surface area is 98.0 Å². The van der Waals surface area contributed by atoms with Gasteiger partial charge >= 0.3 is 0 Å². The lowest BCUT2D eigenvalue weighted by Crippen LogP contribution is -2.07. The van der Waals surface area contributed by atoms with Gasteiger partial charge in [0.2, 0.25) is 0 Å². The highest BCUT2D eigenvalue weighted by atomic mass is 16.5. The molecule has 0 bridgehead atoms. The minimum atomic E-state index is 0.317. The molecule has 2 rings (SSSR count). The Hall–Kier alpha value is -0.920. The van der Waals surface area contributed by atoms with Crippen molar-refractivity contribution < 1.29 is 9.84 Å². The van der Waals surface area contributed by atoms with Crippen LogP contribution in [0, 0.1) is 5.92 Å². The van der Waals surface area contributed by atoms with Gasteiger partial charge in [0.05, 0.1) is 11.5 Å². The second kappa shape index (κ2) is 4.94. The Balaban J connectivity index is 1.82. The fourth-order valence-corrected chi connectivity index (χ4v) is 2.60. The molecule has 1 aliphatic carbocycles. The highest BCUT2D eigenvalue weighted by molar-refractivity contribution is 5.18. The maximum absolute atomic E-state index is 9.41. The fraction of sp³-hybridized carbons (Fsp3) is 0.714. The van der Waals surface area contributed by atoms with Gasteiger partial charge in [-0.1, -0.05) is 6.92 Å². The molecule has 2 heteroatoms. The molecule has 0 radical (unpaired) electrons. The van der Waals surface area contributed by atoms with Crippen molar-refractivity contribution in [3.8, 4) is 0 Å². The predicted octanol–water partition coefficient (Wildman–Crippen LogP) is 4.09. The lowest BCUT2D eigenvalue weighted by Gasteiger charge is -2.19. The van der Waals surface area contributed by atoms with E-state index in [0.717, 1.165) is 31.6 Å². The van der Waals surface area contributed by atoms with E-state index in [4.69, 9.17) is 4.74 Å². The molecule has 1 heterocycles.